The number of ketones is 1. The third-order valence-electron chi connectivity index (χ3n) is 4.03. The van der Waals surface area contributed by atoms with Gasteiger partial charge in [0, 0.05) is 6.42 Å². The topological polar surface area (TPSA) is 43.4 Å². The van der Waals surface area contributed by atoms with Crippen LogP contribution in [0.1, 0.15) is 51.4 Å². The molecule has 0 aromatic carbocycles. The van der Waals surface area contributed by atoms with Crippen LogP contribution in [0.4, 0.5) is 0 Å². The number of methoxy groups -OCH3 is 1. The van der Waals surface area contributed by atoms with Gasteiger partial charge >= 0.3 is 5.97 Å². The number of Topliss-reactive ketones (excluding diaryl/α,β-unsaturated/α-hetero) is 1. The molecule has 1 fully saturated rings. The van der Waals surface area contributed by atoms with E-state index in [9.17, 15) is 9.59 Å². The largest absolute Gasteiger partial charge is 0.468 e. The van der Waals surface area contributed by atoms with Crippen LogP contribution in [0.2, 0.25) is 0 Å². The fourth-order valence-corrected chi connectivity index (χ4v) is 3.05. The van der Waals surface area contributed by atoms with E-state index < -0.39 is 5.41 Å². The van der Waals surface area contributed by atoms with Gasteiger partial charge in [-0.05, 0) is 44.9 Å². The first-order valence-electron chi connectivity index (χ1n) is 6.49. The normalized spacial score (nSPS) is 29.0. The summed E-state index contributed by atoms with van der Waals surface area (Å²) < 4.78 is 4.86. The maximum atomic E-state index is 12.0. The van der Waals surface area contributed by atoms with Gasteiger partial charge in [0.15, 0.2) is 5.78 Å². The summed E-state index contributed by atoms with van der Waals surface area (Å²) in [7, 11) is 1.38. The molecule has 17 heavy (non-hydrogen) atoms. The van der Waals surface area contributed by atoms with Gasteiger partial charge in [-0.15, -0.1) is 0 Å². The molecule has 0 aliphatic heterocycles. The van der Waals surface area contributed by atoms with Crippen molar-refractivity contribution in [3.05, 3.63) is 11.6 Å². The minimum Gasteiger partial charge on any atom is -0.468 e. The Kier molecular flexibility index (Phi) is 3.65. The number of carbonyl (C=O) groups is 2. The van der Waals surface area contributed by atoms with Crippen LogP contribution >= 0.6 is 0 Å². The lowest BCUT2D eigenvalue weighted by atomic mass is 9.77. The molecule has 2 aliphatic carbocycles. The summed E-state index contributed by atoms with van der Waals surface area (Å²) >= 11 is 0. The Morgan fingerprint density at radius 2 is 2.18 bits per heavy atom. The molecule has 1 saturated carbocycles. The molecule has 0 radical (unpaired) electrons. The van der Waals surface area contributed by atoms with Gasteiger partial charge in [0.05, 0.1) is 7.11 Å². The molecular formula is C14H20O3. The SMILES string of the molecule is COC(=O)C1(CC2=CCCCC2)CCCC1=O. The molecule has 94 valence electrons. The minimum absolute atomic E-state index is 0.0795. The van der Waals surface area contributed by atoms with E-state index in [4.69, 9.17) is 4.74 Å². The number of hydrogen-bond donors (Lipinski definition) is 0. The summed E-state index contributed by atoms with van der Waals surface area (Å²) in [5.74, 6) is -0.248. The molecule has 0 heterocycles. The van der Waals surface area contributed by atoms with Crippen molar-refractivity contribution in [2.45, 2.75) is 51.4 Å². The lowest BCUT2D eigenvalue weighted by molar-refractivity contribution is -0.156. The second-order valence-corrected chi connectivity index (χ2v) is 5.14. The third-order valence-corrected chi connectivity index (χ3v) is 4.03. The molecule has 0 N–H and O–H groups in total. The van der Waals surface area contributed by atoms with Gasteiger partial charge in [0.25, 0.3) is 0 Å². The molecule has 2 aliphatic rings. The van der Waals surface area contributed by atoms with Crippen molar-refractivity contribution in [1.82, 2.24) is 0 Å². The zero-order valence-corrected chi connectivity index (χ0v) is 10.5. The molecule has 0 aromatic rings. The van der Waals surface area contributed by atoms with E-state index >= 15 is 0 Å². The summed E-state index contributed by atoms with van der Waals surface area (Å²) in [6.07, 6.45) is 9.34. The highest BCUT2D eigenvalue weighted by Crippen LogP contribution is 2.42. The molecule has 0 saturated heterocycles. The van der Waals surface area contributed by atoms with E-state index in [1.54, 1.807) is 0 Å². The highest BCUT2D eigenvalue weighted by atomic mass is 16.5. The number of rotatable bonds is 3. The molecule has 2 rings (SSSR count). The van der Waals surface area contributed by atoms with Crippen molar-refractivity contribution < 1.29 is 14.3 Å². The van der Waals surface area contributed by atoms with E-state index in [1.807, 2.05) is 0 Å². The first-order chi connectivity index (χ1) is 8.19. The smallest absolute Gasteiger partial charge is 0.319 e. The highest BCUT2D eigenvalue weighted by molar-refractivity contribution is 6.05. The van der Waals surface area contributed by atoms with Crippen LogP contribution in [0, 0.1) is 5.41 Å². The van der Waals surface area contributed by atoms with Gasteiger partial charge in [0.1, 0.15) is 5.41 Å². The van der Waals surface area contributed by atoms with E-state index in [0.29, 0.717) is 19.3 Å². The van der Waals surface area contributed by atoms with Crippen molar-refractivity contribution in [3.63, 3.8) is 0 Å². The van der Waals surface area contributed by atoms with E-state index in [-0.39, 0.29) is 11.8 Å². The van der Waals surface area contributed by atoms with Crippen molar-refractivity contribution in [1.29, 1.82) is 0 Å². The van der Waals surface area contributed by atoms with Gasteiger partial charge in [-0.3, -0.25) is 9.59 Å². The van der Waals surface area contributed by atoms with Gasteiger partial charge < -0.3 is 4.74 Å². The Balaban J connectivity index is 2.19. The number of hydrogen-bond acceptors (Lipinski definition) is 3. The Morgan fingerprint density at radius 3 is 2.71 bits per heavy atom. The van der Waals surface area contributed by atoms with E-state index in [1.165, 1.54) is 25.5 Å². The molecule has 0 aromatic heterocycles. The van der Waals surface area contributed by atoms with Crippen molar-refractivity contribution in [2.24, 2.45) is 5.41 Å². The Labute approximate surface area is 102 Å². The van der Waals surface area contributed by atoms with Crippen LogP contribution < -0.4 is 0 Å². The number of carbonyl (C=O) groups excluding carboxylic acids is 2. The lowest BCUT2D eigenvalue weighted by Gasteiger charge is -2.26. The molecule has 0 amide bonds. The third kappa shape index (κ3) is 2.28. The van der Waals surface area contributed by atoms with Gasteiger partial charge in [-0.25, -0.2) is 0 Å². The molecule has 0 spiro atoms. The van der Waals surface area contributed by atoms with Crippen LogP contribution in [0.15, 0.2) is 11.6 Å². The molecule has 1 unspecified atom stereocenters. The van der Waals surface area contributed by atoms with Crippen molar-refractivity contribution >= 4 is 11.8 Å². The van der Waals surface area contributed by atoms with Gasteiger partial charge in [0.2, 0.25) is 0 Å². The number of esters is 1. The molecule has 3 nitrogen and oxygen atoms in total. The first-order valence-corrected chi connectivity index (χ1v) is 6.49. The zero-order valence-electron chi connectivity index (χ0n) is 10.5. The van der Waals surface area contributed by atoms with Crippen molar-refractivity contribution in [3.8, 4) is 0 Å². The quantitative estimate of drug-likeness (QED) is 0.430. The average molecular weight is 236 g/mol. The van der Waals surface area contributed by atoms with Crippen LogP contribution in [0.3, 0.4) is 0 Å². The molecule has 3 heteroatoms. The number of allylic oxidation sites excluding steroid dienone is 2. The van der Waals surface area contributed by atoms with Crippen LogP contribution in [0.5, 0.6) is 0 Å². The summed E-state index contributed by atoms with van der Waals surface area (Å²) in [4.78, 5) is 24.0. The maximum absolute atomic E-state index is 12.0. The number of ether oxygens (including phenoxy) is 1. The predicted molar refractivity (Wildman–Crippen MR) is 64.5 cm³/mol. The summed E-state index contributed by atoms with van der Waals surface area (Å²) in [5, 5.41) is 0. The summed E-state index contributed by atoms with van der Waals surface area (Å²) in [6, 6.07) is 0. The second kappa shape index (κ2) is 5.03. The van der Waals surface area contributed by atoms with E-state index in [0.717, 1.165) is 19.3 Å². The molecule has 0 bridgehead atoms. The Hall–Kier alpha value is -1.12. The summed E-state index contributed by atoms with van der Waals surface area (Å²) in [6.45, 7) is 0. The Morgan fingerprint density at radius 1 is 1.35 bits per heavy atom. The summed E-state index contributed by atoms with van der Waals surface area (Å²) in [5.41, 5.74) is 0.426. The highest BCUT2D eigenvalue weighted by Gasteiger charge is 2.49. The lowest BCUT2D eigenvalue weighted by Crippen LogP contribution is -2.37. The van der Waals surface area contributed by atoms with Crippen LogP contribution in [-0.2, 0) is 14.3 Å². The van der Waals surface area contributed by atoms with Gasteiger partial charge in [-0.1, -0.05) is 11.6 Å². The fourth-order valence-electron chi connectivity index (χ4n) is 3.05. The second-order valence-electron chi connectivity index (χ2n) is 5.14. The van der Waals surface area contributed by atoms with Crippen LogP contribution in [-0.4, -0.2) is 18.9 Å². The monoisotopic (exact) mass is 236 g/mol. The average Bonchev–Trinajstić information content (AvgIpc) is 2.72. The maximum Gasteiger partial charge on any atom is 0.319 e. The molecule has 1 atom stereocenters. The predicted octanol–water partition coefficient (Wildman–Crippen LogP) is 2.79. The van der Waals surface area contributed by atoms with Crippen LogP contribution in [0.25, 0.3) is 0 Å². The van der Waals surface area contributed by atoms with E-state index in [2.05, 4.69) is 6.08 Å². The Bertz CT molecular complexity index is 356. The standard InChI is InChI=1S/C14H20O3/c1-17-13(16)14(9-5-8-12(14)15)10-11-6-3-2-4-7-11/h6H,2-5,7-10H2,1H3. The fraction of sp³-hybridized carbons (Fsp3) is 0.714. The van der Waals surface area contributed by atoms with Crippen molar-refractivity contribution in [2.75, 3.05) is 7.11 Å². The first kappa shape index (κ1) is 12.3. The minimum atomic E-state index is -0.849. The zero-order chi connectivity index (χ0) is 12.3. The van der Waals surface area contributed by atoms with Gasteiger partial charge in [-0.2, -0.15) is 0 Å². The molecular weight excluding hydrogens is 216 g/mol.